The highest BCUT2D eigenvalue weighted by atomic mass is 32.7. The number of fused-ring (bicyclic) bond motifs is 4. The van der Waals surface area contributed by atoms with E-state index in [1.807, 2.05) is 6.20 Å². The third-order valence-electron chi connectivity index (χ3n) is 8.45. The first kappa shape index (κ1) is 31.9. The van der Waals surface area contributed by atoms with E-state index in [-0.39, 0.29) is 11.2 Å². The van der Waals surface area contributed by atoms with Crippen LogP contribution in [0.3, 0.4) is 0 Å². The number of nitrogens with one attached hydrogen (secondary N) is 2. The van der Waals surface area contributed by atoms with E-state index in [1.165, 1.54) is 17.2 Å². The van der Waals surface area contributed by atoms with Crippen molar-refractivity contribution in [2.24, 2.45) is 0 Å². The quantitative estimate of drug-likeness (QED) is 0.126. The normalized spacial score (nSPS) is 37.9. The zero-order valence-electron chi connectivity index (χ0n) is 24.0. The highest BCUT2D eigenvalue weighted by Gasteiger charge is 2.53. The van der Waals surface area contributed by atoms with E-state index in [9.17, 15) is 24.1 Å². The third-order valence-corrected chi connectivity index (χ3v) is 11.7. The average molecular weight is 731 g/mol. The fourth-order valence-electron chi connectivity index (χ4n) is 6.32. The zero-order chi connectivity index (χ0) is 32.7. The molecule has 4 aliphatic heterocycles. The molecular weight excluding hydrogens is 702 g/mol. The summed E-state index contributed by atoms with van der Waals surface area (Å²) in [6, 6.07) is 0. The predicted octanol–water partition coefficient (Wildman–Crippen LogP) is 1.33. The van der Waals surface area contributed by atoms with Crippen LogP contribution < -0.4 is 10.9 Å². The van der Waals surface area contributed by atoms with E-state index in [1.54, 1.807) is 4.57 Å². The van der Waals surface area contributed by atoms with Gasteiger partial charge in [0.25, 0.3) is 5.56 Å². The molecule has 3 fully saturated rings. The second kappa shape index (κ2) is 11.9. The molecule has 10 atom stereocenters. The van der Waals surface area contributed by atoms with Gasteiger partial charge in [-0.25, -0.2) is 29.1 Å². The molecule has 252 valence electrons. The molecule has 4 aliphatic rings. The van der Waals surface area contributed by atoms with Crippen LogP contribution in [0.4, 0.5) is 5.82 Å². The predicted molar refractivity (Wildman–Crippen MR) is 167 cm³/mol. The number of ether oxygens (including phenoxy) is 2. The van der Waals surface area contributed by atoms with Gasteiger partial charge in [-0.05, 0) is 18.4 Å². The molecule has 3 saturated heterocycles. The number of aryl methyl sites for hydroxylation is 1. The molecule has 0 spiro atoms. The number of anilines is 1. The lowest BCUT2D eigenvalue weighted by Gasteiger charge is -2.26. The van der Waals surface area contributed by atoms with Crippen LogP contribution in [-0.4, -0.2) is 101 Å². The molecule has 4 aromatic rings. The summed E-state index contributed by atoms with van der Waals surface area (Å²) in [7, 11) is 0. The lowest BCUT2D eigenvalue weighted by molar-refractivity contribution is -0.0574. The summed E-state index contributed by atoms with van der Waals surface area (Å²) >= 11 is 8.26. The number of rotatable bonds is 2. The molecule has 19 nitrogen and oxygen atoms in total. The van der Waals surface area contributed by atoms with Crippen LogP contribution in [0.15, 0.2) is 30.0 Å². The van der Waals surface area contributed by atoms with E-state index in [0.717, 1.165) is 36.7 Å². The third kappa shape index (κ3) is 5.65. The maximum atomic E-state index is 13.6. The fraction of sp³-hybridized carbons (Fsp3) is 0.542. The standard InChI is InChI=1S/C24H28N8O11P2S2/c33-15-11-5-38-44(36,46)42-17-12(41-23(16(17)34)31-4-10-2-1-3-25-19-13(10)20(31)27-7-26-19)6-39-45(37,47)43-18(15)24(40-11)32-9-30-14-21(32)28-8-29-22(14)35/h4,7-9,11-12,15-18,23-24,33-34H,1-3,5-6H2,(H,36,46)(H,37,47)(H,25,26,27)(H,28,29,35)/t11-,12-,15-,16-,17-,18-,23-,24-,44?,45?/m1/s1. The number of aromatic amines is 1. The van der Waals surface area contributed by atoms with Crippen molar-refractivity contribution >= 4 is 66.1 Å². The number of aliphatic hydroxyl groups is 2. The first-order valence-corrected chi connectivity index (χ1v) is 19.9. The Morgan fingerprint density at radius 2 is 1.64 bits per heavy atom. The summed E-state index contributed by atoms with van der Waals surface area (Å²) in [5.41, 5.74) is 0.979. The van der Waals surface area contributed by atoms with Crippen molar-refractivity contribution in [1.29, 1.82) is 0 Å². The van der Waals surface area contributed by atoms with Crippen molar-refractivity contribution in [3.05, 3.63) is 41.1 Å². The Labute approximate surface area is 274 Å². The molecule has 2 unspecified atom stereocenters. The number of H-pyrrole nitrogens is 1. The second-order valence-electron chi connectivity index (χ2n) is 11.3. The molecule has 8 heterocycles. The van der Waals surface area contributed by atoms with Crippen LogP contribution in [0.5, 0.6) is 0 Å². The zero-order valence-corrected chi connectivity index (χ0v) is 27.6. The summed E-state index contributed by atoms with van der Waals surface area (Å²) in [5.74, 6) is 0.654. The van der Waals surface area contributed by atoms with Gasteiger partial charge in [-0.2, -0.15) is 0 Å². The summed E-state index contributed by atoms with van der Waals surface area (Å²) in [4.78, 5) is 31.6. The molecule has 0 amide bonds. The summed E-state index contributed by atoms with van der Waals surface area (Å²) < 4.78 is 64.9. The number of hydrogen-bond acceptors (Lipinski definition) is 16. The molecular formula is C24H28N8O11P2S2. The molecule has 2 bridgehead atoms. The van der Waals surface area contributed by atoms with Crippen LogP contribution in [0.25, 0.3) is 22.2 Å². The van der Waals surface area contributed by atoms with E-state index >= 15 is 0 Å². The summed E-state index contributed by atoms with van der Waals surface area (Å²) in [6.07, 6.45) is -3.37. The van der Waals surface area contributed by atoms with E-state index in [0.29, 0.717) is 11.5 Å². The molecule has 8 rings (SSSR count). The Balaban J connectivity index is 1.11. The van der Waals surface area contributed by atoms with Crippen LogP contribution in [0, 0.1) is 0 Å². The molecule has 0 saturated carbocycles. The summed E-state index contributed by atoms with van der Waals surface area (Å²) in [6.45, 7) is -8.94. The van der Waals surface area contributed by atoms with Gasteiger partial charge in [0.05, 0.1) is 31.3 Å². The molecule has 4 N–H and O–H groups in total. The van der Waals surface area contributed by atoms with Gasteiger partial charge in [0, 0.05) is 12.7 Å². The Morgan fingerprint density at radius 1 is 0.894 bits per heavy atom. The smallest absolute Gasteiger partial charge is 0.386 e. The monoisotopic (exact) mass is 730 g/mol. The number of hydrogen-bond donors (Lipinski definition) is 6. The molecule has 0 aromatic carbocycles. The number of nitrogens with zero attached hydrogens (tertiary/aromatic N) is 6. The van der Waals surface area contributed by atoms with Gasteiger partial charge in [-0.1, -0.05) is 24.5 Å². The highest BCUT2D eigenvalue weighted by Crippen LogP contribution is 2.60. The second-order valence-corrected chi connectivity index (χ2v) is 17.1. The Morgan fingerprint density at radius 3 is 2.45 bits per heavy atom. The van der Waals surface area contributed by atoms with Crippen molar-refractivity contribution in [1.82, 2.24) is 34.1 Å². The van der Waals surface area contributed by atoms with Gasteiger partial charge in [-0.3, -0.25) is 27.5 Å². The Kier molecular flexibility index (Phi) is 8.06. The van der Waals surface area contributed by atoms with Gasteiger partial charge in [-0.15, -0.1) is 0 Å². The lowest BCUT2D eigenvalue weighted by Crippen LogP contribution is -2.35. The van der Waals surface area contributed by atoms with E-state index in [2.05, 4.69) is 54.7 Å². The molecule has 0 radical (unpaired) electrons. The van der Waals surface area contributed by atoms with Gasteiger partial charge in [0.15, 0.2) is 23.6 Å². The number of aliphatic hydroxyl groups excluding tert-OH is 2. The molecule has 4 aromatic heterocycles. The minimum Gasteiger partial charge on any atom is -0.387 e. The van der Waals surface area contributed by atoms with Crippen molar-refractivity contribution in [2.45, 2.75) is 61.9 Å². The minimum absolute atomic E-state index is 0.0201. The first-order valence-electron chi connectivity index (χ1n) is 14.5. The molecule has 23 heteroatoms. The summed E-state index contributed by atoms with van der Waals surface area (Å²) in [5, 5.41) is 26.8. The van der Waals surface area contributed by atoms with Crippen LogP contribution in [0.1, 0.15) is 24.4 Å². The van der Waals surface area contributed by atoms with Crippen molar-refractivity contribution in [3.8, 4) is 0 Å². The van der Waals surface area contributed by atoms with Gasteiger partial charge >= 0.3 is 13.6 Å². The van der Waals surface area contributed by atoms with Crippen molar-refractivity contribution in [2.75, 3.05) is 25.1 Å². The van der Waals surface area contributed by atoms with Crippen LogP contribution in [-0.2, 0) is 43.1 Å². The topological polar surface area (TPSA) is 236 Å². The maximum Gasteiger partial charge on any atom is 0.386 e. The number of imidazole rings is 1. The van der Waals surface area contributed by atoms with Gasteiger partial charge in [0.2, 0.25) is 0 Å². The van der Waals surface area contributed by atoms with Crippen LogP contribution >= 0.6 is 38.1 Å². The lowest BCUT2D eigenvalue weighted by atomic mass is 10.1. The van der Waals surface area contributed by atoms with Gasteiger partial charge < -0.3 is 34.6 Å². The van der Waals surface area contributed by atoms with Gasteiger partial charge in [0.1, 0.15) is 54.4 Å². The van der Waals surface area contributed by atoms with E-state index < -0.39 is 81.4 Å². The van der Waals surface area contributed by atoms with Crippen LogP contribution in [0.2, 0.25) is 0 Å². The fourth-order valence-corrected chi connectivity index (χ4v) is 9.27. The minimum atomic E-state index is -4.33. The molecule has 47 heavy (non-hydrogen) atoms. The Bertz CT molecular complexity index is 2010. The number of thiol groups is 2. The van der Waals surface area contributed by atoms with Crippen molar-refractivity contribution < 1.29 is 46.9 Å². The average Bonchev–Trinajstić information content (AvgIpc) is 3.74. The Hall–Kier alpha value is -2.39. The number of aromatic nitrogens is 7. The largest absolute Gasteiger partial charge is 0.387 e. The first-order chi connectivity index (χ1) is 22.5. The maximum absolute atomic E-state index is 13.6. The van der Waals surface area contributed by atoms with E-state index in [4.69, 9.17) is 27.6 Å². The molecule has 0 aliphatic carbocycles. The highest BCUT2D eigenvalue weighted by molar-refractivity contribution is 8.44. The SMILES string of the molecule is O=c1[nH]cnc2c1ncn2[C@@H]1O[C@@H]2COP(=O)(S)O[C@H]3[C@@H](O)[C@H](n4cc5c6c(ncnc64)NCCC5)O[C@@H]3COP(=O)(S)O[C@@H]1[C@@H]2O. The van der Waals surface area contributed by atoms with Crippen molar-refractivity contribution in [3.63, 3.8) is 0 Å².